The molecule has 146 valence electrons. The molecule has 1 fully saturated rings. The average molecular weight is 377 g/mol. The summed E-state index contributed by atoms with van der Waals surface area (Å²) in [6.07, 6.45) is 2.45. The van der Waals surface area contributed by atoms with E-state index in [0.717, 1.165) is 30.8 Å². The zero-order valence-electron chi connectivity index (χ0n) is 16.4. The molecule has 2 aromatic rings. The number of anilines is 1. The lowest BCUT2D eigenvalue weighted by atomic mass is 10.0. The van der Waals surface area contributed by atoms with Gasteiger partial charge in [0.2, 0.25) is 5.91 Å². The van der Waals surface area contributed by atoms with Crippen LogP contribution < -0.4 is 9.64 Å². The summed E-state index contributed by atoms with van der Waals surface area (Å²) in [5.74, 6) is 0.915. The molecular formula is C23H27N3O2. The van der Waals surface area contributed by atoms with Gasteiger partial charge in [0, 0.05) is 18.3 Å². The number of nitrogens with zero attached hydrogens (tertiary/aromatic N) is 3. The summed E-state index contributed by atoms with van der Waals surface area (Å²) < 4.78 is 5.53. The highest BCUT2D eigenvalue weighted by Gasteiger charge is 2.29. The third-order valence-corrected chi connectivity index (χ3v) is 5.09. The van der Waals surface area contributed by atoms with Crippen molar-refractivity contribution < 1.29 is 9.53 Å². The number of hydrogen-bond acceptors (Lipinski definition) is 4. The third-order valence-electron chi connectivity index (χ3n) is 5.09. The van der Waals surface area contributed by atoms with Crippen molar-refractivity contribution in [1.82, 2.24) is 4.90 Å². The Hall–Kier alpha value is -2.84. The van der Waals surface area contributed by atoms with Gasteiger partial charge in [0.25, 0.3) is 0 Å². The fraction of sp³-hybridized carbons (Fsp3) is 0.391. The smallest absolute Gasteiger partial charge is 0.241 e. The molecule has 1 unspecified atom stereocenters. The van der Waals surface area contributed by atoms with Crippen LogP contribution >= 0.6 is 0 Å². The van der Waals surface area contributed by atoms with Gasteiger partial charge in [-0.15, -0.1) is 0 Å². The Kier molecular flexibility index (Phi) is 7.05. The van der Waals surface area contributed by atoms with Crippen LogP contribution in [-0.2, 0) is 4.79 Å². The predicted molar refractivity (Wildman–Crippen MR) is 110 cm³/mol. The van der Waals surface area contributed by atoms with Crippen LogP contribution in [0, 0.1) is 11.3 Å². The summed E-state index contributed by atoms with van der Waals surface area (Å²) >= 11 is 0. The largest absolute Gasteiger partial charge is 0.494 e. The molecule has 0 spiro atoms. The first-order valence-electron chi connectivity index (χ1n) is 9.92. The Morgan fingerprint density at radius 3 is 2.64 bits per heavy atom. The number of nitriles is 1. The van der Waals surface area contributed by atoms with Gasteiger partial charge in [-0.3, -0.25) is 9.69 Å². The van der Waals surface area contributed by atoms with E-state index in [9.17, 15) is 4.79 Å². The molecule has 28 heavy (non-hydrogen) atoms. The lowest BCUT2D eigenvalue weighted by Crippen LogP contribution is -2.40. The van der Waals surface area contributed by atoms with Gasteiger partial charge in [0.15, 0.2) is 0 Å². The first-order valence-corrected chi connectivity index (χ1v) is 9.92. The van der Waals surface area contributed by atoms with Crippen LogP contribution in [0.5, 0.6) is 5.75 Å². The van der Waals surface area contributed by atoms with Gasteiger partial charge >= 0.3 is 0 Å². The fourth-order valence-corrected chi connectivity index (χ4v) is 3.77. The molecule has 1 aliphatic heterocycles. The number of likely N-dealkylation sites (tertiary alicyclic amines) is 1. The molecule has 1 aliphatic rings. The summed E-state index contributed by atoms with van der Waals surface area (Å²) in [4.78, 5) is 17.1. The van der Waals surface area contributed by atoms with Crippen molar-refractivity contribution in [2.75, 3.05) is 31.1 Å². The van der Waals surface area contributed by atoms with E-state index in [1.54, 1.807) is 4.90 Å². The minimum atomic E-state index is 0.0410. The molecule has 5 heteroatoms. The van der Waals surface area contributed by atoms with Crippen LogP contribution in [0.2, 0.25) is 0 Å². The fourth-order valence-electron chi connectivity index (χ4n) is 3.77. The summed E-state index contributed by atoms with van der Waals surface area (Å²) in [6.45, 7) is 4.31. The molecule has 0 saturated carbocycles. The third kappa shape index (κ3) is 4.90. The SMILES string of the molecule is CCOc1ccc(C2CCCN2CC(=O)N(CCC#N)c2ccccc2)cc1. The Morgan fingerprint density at radius 2 is 1.96 bits per heavy atom. The minimum absolute atomic E-state index is 0.0410. The second-order valence-corrected chi connectivity index (χ2v) is 6.92. The highest BCUT2D eigenvalue weighted by Crippen LogP contribution is 2.32. The van der Waals surface area contributed by atoms with Crippen molar-refractivity contribution in [3.63, 3.8) is 0 Å². The van der Waals surface area contributed by atoms with Crippen molar-refractivity contribution in [2.45, 2.75) is 32.2 Å². The average Bonchev–Trinajstić information content (AvgIpc) is 3.18. The van der Waals surface area contributed by atoms with E-state index < -0.39 is 0 Å². The van der Waals surface area contributed by atoms with E-state index >= 15 is 0 Å². The first-order chi connectivity index (χ1) is 13.7. The quantitative estimate of drug-likeness (QED) is 0.693. The molecular weight excluding hydrogens is 350 g/mol. The molecule has 5 nitrogen and oxygen atoms in total. The number of benzene rings is 2. The number of carbonyl (C=O) groups excluding carboxylic acids is 1. The topological polar surface area (TPSA) is 56.6 Å². The second-order valence-electron chi connectivity index (χ2n) is 6.92. The normalized spacial score (nSPS) is 16.5. The zero-order chi connectivity index (χ0) is 19.8. The van der Waals surface area contributed by atoms with E-state index in [-0.39, 0.29) is 11.9 Å². The van der Waals surface area contributed by atoms with E-state index in [1.807, 2.05) is 49.4 Å². The summed E-state index contributed by atoms with van der Waals surface area (Å²) in [5, 5.41) is 8.97. The van der Waals surface area contributed by atoms with Crippen LogP contribution in [0.25, 0.3) is 0 Å². The zero-order valence-corrected chi connectivity index (χ0v) is 16.4. The number of amides is 1. The summed E-state index contributed by atoms with van der Waals surface area (Å²) in [7, 11) is 0. The highest BCUT2D eigenvalue weighted by molar-refractivity contribution is 5.94. The molecule has 1 amide bonds. The Balaban J connectivity index is 1.71. The summed E-state index contributed by atoms with van der Waals surface area (Å²) in [5.41, 5.74) is 2.07. The Morgan fingerprint density at radius 1 is 1.21 bits per heavy atom. The number of para-hydroxylation sites is 1. The van der Waals surface area contributed by atoms with Gasteiger partial charge in [0.05, 0.1) is 25.6 Å². The Bertz CT molecular complexity index is 799. The maximum absolute atomic E-state index is 13.1. The molecule has 2 aromatic carbocycles. The van der Waals surface area contributed by atoms with Crippen molar-refractivity contribution >= 4 is 11.6 Å². The highest BCUT2D eigenvalue weighted by atomic mass is 16.5. The van der Waals surface area contributed by atoms with Crippen LogP contribution in [0.1, 0.15) is 37.8 Å². The number of ether oxygens (including phenoxy) is 1. The predicted octanol–water partition coefficient (Wildman–Crippen LogP) is 4.17. The molecule has 0 bridgehead atoms. The lowest BCUT2D eigenvalue weighted by Gasteiger charge is -2.28. The van der Waals surface area contributed by atoms with Crippen molar-refractivity contribution in [3.8, 4) is 11.8 Å². The van der Waals surface area contributed by atoms with Crippen molar-refractivity contribution in [1.29, 1.82) is 5.26 Å². The molecule has 0 radical (unpaired) electrons. The molecule has 1 heterocycles. The molecule has 1 atom stereocenters. The maximum Gasteiger partial charge on any atom is 0.241 e. The van der Waals surface area contributed by atoms with Gasteiger partial charge in [-0.1, -0.05) is 30.3 Å². The van der Waals surface area contributed by atoms with Crippen LogP contribution in [-0.4, -0.2) is 37.0 Å². The molecule has 0 aliphatic carbocycles. The van der Waals surface area contributed by atoms with E-state index in [0.29, 0.717) is 26.1 Å². The standard InChI is InChI=1S/C23H27N3O2/c1-2-28-21-13-11-19(12-14-21)22-10-6-16-25(22)18-23(27)26(17-7-15-24)20-8-4-3-5-9-20/h3-5,8-9,11-14,22H,2,6-7,10,16-18H2,1H3. The van der Waals surface area contributed by atoms with Crippen molar-refractivity contribution in [3.05, 3.63) is 60.2 Å². The monoisotopic (exact) mass is 377 g/mol. The van der Waals surface area contributed by atoms with Crippen LogP contribution in [0.15, 0.2) is 54.6 Å². The van der Waals surface area contributed by atoms with Crippen molar-refractivity contribution in [2.24, 2.45) is 0 Å². The number of carbonyl (C=O) groups is 1. The molecule has 3 rings (SSSR count). The number of rotatable bonds is 8. The van der Waals surface area contributed by atoms with Gasteiger partial charge in [-0.25, -0.2) is 0 Å². The molecule has 0 N–H and O–H groups in total. The van der Waals surface area contributed by atoms with Gasteiger partial charge in [-0.05, 0) is 56.1 Å². The minimum Gasteiger partial charge on any atom is -0.494 e. The van der Waals surface area contributed by atoms with E-state index in [4.69, 9.17) is 10.00 Å². The van der Waals surface area contributed by atoms with Gasteiger partial charge < -0.3 is 9.64 Å². The Labute approximate surface area is 167 Å². The van der Waals surface area contributed by atoms with Gasteiger partial charge in [-0.2, -0.15) is 5.26 Å². The van der Waals surface area contributed by atoms with E-state index in [2.05, 4.69) is 23.1 Å². The second kappa shape index (κ2) is 9.91. The molecule has 0 aromatic heterocycles. The number of hydrogen-bond donors (Lipinski definition) is 0. The summed E-state index contributed by atoms with van der Waals surface area (Å²) in [6, 6.07) is 20.2. The van der Waals surface area contributed by atoms with Crippen LogP contribution in [0.4, 0.5) is 5.69 Å². The van der Waals surface area contributed by atoms with Crippen LogP contribution in [0.3, 0.4) is 0 Å². The van der Waals surface area contributed by atoms with Gasteiger partial charge in [0.1, 0.15) is 5.75 Å². The molecule has 1 saturated heterocycles. The maximum atomic E-state index is 13.1. The lowest BCUT2D eigenvalue weighted by molar-refractivity contribution is -0.120. The van der Waals surface area contributed by atoms with E-state index in [1.165, 1.54) is 5.56 Å². The first kappa shape index (κ1) is 19.9.